The van der Waals surface area contributed by atoms with Crippen LogP contribution in [0, 0.1) is 5.82 Å². The van der Waals surface area contributed by atoms with Crippen molar-refractivity contribution in [3.05, 3.63) is 34.6 Å². The second-order valence-corrected chi connectivity index (χ2v) is 5.14. The normalized spacial score (nSPS) is 12.8. The fourth-order valence-corrected chi connectivity index (χ4v) is 2.34. The molecule has 0 fully saturated rings. The first-order valence-corrected chi connectivity index (χ1v) is 6.69. The Morgan fingerprint density at radius 2 is 2.31 bits per heavy atom. The third-order valence-electron chi connectivity index (χ3n) is 2.26. The number of hydrogen-bond acceptors (Lipinski definition) is 3. The lowest BCUT2D eigenvalue weighted by Crippen LogP contribution is -2.38. The Kier molecular flexibility index (Phi) is 6.13. The van der Waals surface area contributed by atoms with Gasteiger partial charge < -0.3 is 0 Å². The van der Waals surface area contributed by atoms with E-state index in [0.29, 0.717) is 6.42 Å². The molecule has 16 heavy (non-hydrogen) atoms. The average molecular weight is 263 g/mol. The maximum Gasteiger partial charge on any atom is 0.142 e. The summed E-state index contributed by atoms with van der Waals surface area (Å²) < 4.78 is 13.2. The van der Waals surface area contributed by atoms with E-state index in [0.717, 1.165) is 17.1 Å². The zero-order valence-electron chi connectivity index (χ0n) is 9.17. The summed E-state index contributed by atoms with van der Waals surface area (Å²) in [5, 5.41) is 0.198. The summed E-state index contributed by atoms with van der Waals surface area (Å²) in [6.45, 7) is 2.09. The van der Waals surface area contributed by atoms with Crippen LogP contribution in [0.3, 0.4) is 0 Å². The number of hydrogen-bond donors (Lipinski definition) is 2. The Balaban J connectivity index is 2.66. The molecule has 0 amide bonds. The van der Waals surface area contributed by atoms with Crippen LogP contribution in [0.5, 0.6) is 0 Å². The van der Waals surface area contributed by atoms with Crippen molar-refractivity contribution in [2.24, 2.45) is 5.84 Å². The van der Waals surface area contributed by atoms with Gasteiger partial charge >= 0.3 is 0 Å². The van der Waals surface area contributed by atoms with Crippen LogP contribution >= 0.6 is 23.4 Å². The molecular weight excluding hydrogens is 247 g/mol. The number of halogens is 2. The lowest BCUT2D eigenvalue weighted by Gasteiger charge is -2.16. The number of hydrazine groups is 1. The van der Waals surface area contributed by atoms with E-state index in [4.69, 9.17) is 17.4 Å². The van der Waals surface area contributed by atoms with Crippen LogP contribution in [-0.4, -0.2) is 17.5 Å². The smallest absolute Gasteiger partial charge is 0.142 e. The van der Waals surface area contributed by atoms with Crippen LogP contribution in [0.2, 0.25) is 5.02 Å². The third-order valence-corrected chi connectivity index (χ3v) is 3.73. The van der Waals surface area contributed by atoms with Crippen molar-refractivity contribution in [1.82, 2.24) is 5.43 Å². The molecule has 2 nitrogen and oxygen atoms in total. The van der Waals surface area contributed by atoms with Crippen molar-refractivity contribution in [2.45, 2.75) is 19.4 Å². The van der Waals surface area contributed by atoms with Gasteiger partial charge in [0.2, 0.25) is 0 Å². The van der Waals surface area contributed by atoms with E-state index in [-0.39, 0.29) is 16.9 Å². The number of benzene rings is 1. The first-order valence-electron chi connectivity index (χ1n) is 5.15. The molecule has 3 N–H and O–H groups in total. The van der Waals surface area contributed by atoms with Crippen molar-refractivity contribution >= 4 is 23.4 Å². The van der Waals surface area contributed by atoms with Crippen LogP contribution < -0.4 is 11.3 Å². The molecule has 1 unspecified atom stereocenters. The molecular formula is C11H16ClFN2S. The first-order chi connectivity index (χ1) is 7.69. The van der Waals surface area contributed by atoms with E-state index in [2.05, 4.69) is 12.3 Å². The monoisotopic (exact) mass is 262 g/mol. The Bertz CT molecular complexity index is 336. The lowest BCUT2D eigenvalue weighted by molar-refractivity contribution is 0.571. The quantitative estimate of drug-likeness (QED) is 0.611. The molecule has 0 saturated heterocycles. The Morgan fingerprint density at radius 1 is 1.56 bits per heavy atom. The molecule has 0 aliphatic rings. The van der Waals surface area contributed by atoms with Crippen molar-refractivity contribution in [3.8, 4) is 0 Å². The van der Waals surface area contributed by atoms with Gasteiger partial charge in [-0.15, -0.1) is 0 Å². The molecule has 1 aromatic rings. The van der Waals surface area contributed by atoms with Gasteiger partial charge in [-0.2, -0.15) is 11.8 Å². The minimum absolute atomic E-state index is 0.115. The number of thioether (sulfide) groups is 1. The van der Waals surface area contributed by atoms with E-state index >= 15 is 0 Å². The molecule has 0 aliphatic carbocycles. The molecule has 1 aromatic carbocycles. The van der Waals surface area contributed by atoms with E-state index < -0.39 is 0 Å². The Hall–Kier alpha value is -0.290. The molecule has 0 bridgehead atoms. The predicted octanol–water partition coefficient (Wildman–Crippen LogP) is 2.61. The van der Waals surface area contributed by atoms with Crippen molar-refractivity contribution in [3.63, 3.8) is 0 Å². The Labute approximate surface area is 105 Å². The summed E-state index contributed by atoms with van der Waals surface area (Å²) in [6.07, 6.45) is 0.639. The lowest BCUT2D eigenvalue weighted by atomic mass is 10.1. The zero-order valence-corrected chi connectivity index (χ0v) is 10.7. The fraction of sp³-hybridized carbons (Fsp3) is 0.455. The molecule has 0 saturated carbocycles. The molecule has 0 radical (unpaired) electrons. The van der Waals surface area contributed by atoms with Crippen LogP contribution in [-0.2, 0) is 6.42 Å². The van der Waals surface area contributed by atoms with Gasteiger partial charge in [-0.25, -0.2) is 4.39 Å². The van der Waals surface area contributed by atoms with Crippen LogP contribution in [0.4, 0.5) is 4.39 Å². The van der Waals surface area contributed by atoms with Crippen LogP contribution in [0.25, 0.3) is 0 Å². The van der Waals surface area contributed by atoms with Crippen molar-refractivity contribution < 1.29 is 4.39 Å². The summed E-state index contributed by atoms with van der Waals surface area (Å²) in [6, 6.07) is 4.96. The topological polar surface area (TPSA) is 38.0 Å². The van der Waals surface area contributed by atoms with Gasteiger partial charge in [-0.05, 0) is 23.8 Å². The van der Waals surface area contributed by atoms with Gasteiger partial charge in [-0.1, -0.05) is 30.7 Å². The summed E-state index contributed by atoms with van der Waals surface area (Å²) in [7, 11) is 0. The van der Waals surface area contributed by atoms with E-state index in [1.54, 1.807) is 17.8 Å². The highest BCUT2D eigenvalue weighted by Gasteiger charge is 2.12. The molecule has 1 atom stereocenters. The standard InChI is InChI=1S/C11H16ClFN2S/c1-2-16-7-9(15-14)6-8-4-3-5-10(13)11(8)12/h3-5,9,15H,2,6-7,14H2,1H3. The molecule has 0 aromatic heterocycles. The third kappa shape index (κ3) is 3.94. The molecule has 0 aliphatic heterocycles. The van der Waals surface area contributed by atoms with Gasteiger partial charge in [0.05, 0.1) is 5.02 Å². The van der Waals surface area contributed by atoms with Crippen LogP contribution in [0.1, 0.15) is 12.5 Å². The summed E-state index contributed by atoms with van der Waals surface area (Å²) in [4.78, 5) is 0. The van der Waals surface area contributed by atoms with E-state index in [1.165, 1.54) is 6.07 Å². The van der Waals surface area contributed by atoms with Gasteiger partial charge in [0.15, 0.2) is 0 Å². The second kappa shape index (κ2) is 7.12. The van der Waals surface area contributed by atoms with E-state index in [9.17, 15) is 4.39 Å². The molecule has 90 valence electrons. The molecule has 0 heterocycles. The largest absolute Gasteiger partial charge is 0.271 e. The van der Waals surface area contributed by atoms with Gasteiger partial charge in [0.25, 0.3) is 0 Å². The highest BCUT2D eigenvalue weighted by molar-refractivity contribution is 7.99. The predicted molar refractivity (Wildman–Crippen MR) is 69.2 cm³/mol. The molecule has 5 heteroatoms. The van der Waals surface area contributed by atoms with Gasteiger partial charge in [0.1, 0.15) is 5.82 Å². The van der Waals surface area contributed by atoms with Crippen LogP contribution in [0.15, 0.2) is 18.2 Å². The summed E-state index contributed by atoms with van der Waals surface area (Å²) >= 11 is 7.67. The highest BCUT2D eigenvalue weighted by Crippen LogP contribution is 2.21. The SMILES string of the molecule is CCSCC(Cc1cccc(F)c1Cl)NN. The number of rotatable bonds is 6. The fourth-order valence-electron chi connectivity index (χ4n) is 1.40. The van der Waals surface area contributed by atoms with Gasteiger partial charge in [-0.3, -0.25) is 11.3 Å². The maximum absolute atomic E-state index is 13.2. The van der Waals surface area contributed by atoms with Crippen molar-refractivity contribution in [1.29, 1.82) is 0 Å². The van der Waals surface area contributed by atoms with Gasteiger partial charge in [0, 0.05) is 11.8 Å². The molecule has 0 spiro atoms. The van der Waals surface area contributed by atoms with Crippen molar-refractivity contribution in [2.75, 3.05) is 11.5 Å². The average Bonchev–Trinajstić information content (AvgIpc) is 2.30. The minimum Gasteiger partial charge on any atom is -0.271 e. The Morgan fingerprint density at radius 3 is 2.94 bits per heavy atom. The summed E-state index contributed by atoms with van der Waals surface area (Å²) in [5.41, 5.74) is 3.52. The number of nitrogens with two attached hydrogens (primary N) is 1. The summed E-state index contributed by atoms with van der Waals surface area (Å²) in [5.74, 6) is 7.00. The zero-order chi connectivity index (χ0) is 12.0. The minimum atomic E-state index is -0.377. The highest BCUT2D eigenvalue weighted by atomic mass is 35.5. The molecule has 1 rings (SSSR count). The second-order valence-electron chi connectivity index (χ2n) is 3.44. The first kappa shape index (κ1) is 13.8. The maximum atomic E-state index is 13.2. The number of nitrogens with one attached hydrogen (secondary N) is 1. The van der Waals surface area contributed by atoms with E-state index in [1.807, 2.05) is 6.07 Å².